The van der Waals surface area contributed by atoms with Crippen molar-refractivity contribution < 1.29 is 28.8 Å². The van der Waals surface area contributed by atoms with Crippen LogP contribution in [0.1, 0.15) is 41.6 Å². The Morgan fingerprint density at radius 2 is 1.42 bits per heavy atom. The summed E-state index contributed by atoms with van der Waals surface area (Å²) in [7, 11) is 2.05. The zero-order chi connectivity index (χ0) is 47.0. The molecule has 2 aliphatic rings. The molecule has 0 bridgehead atoms. The number of rotatable bonds is 15. The lowest BCUT2D eigenvalue weighted by Gasteiger charge is -2.37. The van der Waals surface area contributed by atoms with Crippen LogP contribution in [-0.2, 0) is 28.2 Å². The normalized spacial score (nSPS) is 19.4. The average molecular weight is 919 g/mol. The number of aryl methyl sites for hydroxylation is 1. The molecule has 1 amide bonds. The van der Waals surface area contributed by atoms with E-state index < -0.39 is 19.8 Å². The van der Waals surface area contributed by atoms with Crippen LogP contribution in [0.2, 0.25) is 18.6 Å². The molecule has 67 heavy (non-hydrogen) atoms. The molecule has 1 spiro atoms. The lowest BCUT2D eigenvalue weighted by Crippen LogP contribution is -2.51. The highest BCUT2D eigenvalue weighted by Gasteiger charge is 2.66. The van der Waals surface area contributed by atoms with Gasteiger partial charge < -0.3 is 29.0 Å². The quantitative estimate of drug-likeness (QED) is 0.112. The van der Waals surface area contributed by atoms with E-state index in [1.807, 2.05) is 91.1 Å². The Balaban J connectivity index is 1.13. The molecule has 5 heterocycles. The van der Waals surface area contributed by atoms with Crippen molar-refractivity contribution in [2.45, 2.75) is 62.7 Å². The Hall–Kier alpha value is -7.07. The minimum atomic E-state index is -2.54. The van der Waals surface area contributed by atoms with Crippen LogP contribution < -0.4 is 35.4 Å². The van der Waals surface area contributed by atoms with Gasteiger partial charge in [-0.3, -0.25) is 28.2 Å². The number of hydrogen-bond donors (Lipinski definition) is 1. The number of amides is 1. The van der Waals surface area contributed by atoms with E-state index in [9.17, 15) is 14.7 Å². The van der Waals surface area contributed by atoms with Gasteiger partial charge >= 0.3 is 0 Å². The number of carbonyl (C=O) groups is 1. The maximum Gasteiger partial charge on any atom is 0.297 e. The number of anilines is 1. The summed E-state index contributed by atoms with van der Waals surface area (Å²) >= 11 is 0. The maximum absolute atomic E-state index is 15.8. The predicted octanol–water partition coefficient (Wildman–Crippen LogP) is 6.58. The fraction of sp³-hybridized carbons (Fsp3) is 0.288. The van der Waals surface area contributed by atoms with Gasteiger partial charge in [-0.05, 0) is 89.8 Å². The third-order valence-electron chi connectivity index (χ3n) is 13.9. The Morgan fingerprint density at radius 1 is 0.776 bits per heavy atom. The monoisotopic (exact) mass is 918 g/mol. The summed E-state index contributed by atoms with van der Waals surface area (Å²) in [6.07, 6.45) is 5.38. The van der Waals surface area contributed by atoms with Gasteiger partial charge in [0.15, 0.2) is 17.1 Å². The summed E-state index contributed by atoms with van der Waals surface area (Å²) in [6, 6.07) is 38.0. The number of carbonyl (C=O) groups excluding carboxylic acids is 1. The number of fused-ring (bicyclic) bond motifs is 2. The molecule has 14 nitrogen and oxygen atoms in total. The van der Waals surface area contributed by atoms with E-state index >= 15 is 4.79 Å². The largest absolute Gasteiger partial charge is 0.497 e. The van der Waals surface area contributed by atoms with Crippen molar-refractivity contribution in [3.8, 4) is 28.6 Å². The minimum absolute atomic E-state index is 0.0844. The van der Waals surface area contributed by atoms with Crippen molar-refractivity contribution in [3.63, 3.8) is 0 Å². The smallest absolute Gasteiger partial charge is 0.297 e. The molecule has 15 heteroatoms. The number of nitrogens with zero attached hydrogens (tertiary/aromatic N) is 6. The SMILES string of the molecule is COc1ccc([Si](C)(C)[C@H]2[C@H](CCn3cc(C(CO)c4ccccc4)nn3)O[C@@]3(C(=O)N(Cc4ccc(-n5cccc(OC)c5=O)cc4)c4ccc(-n5cccc(OC)c5=O)cc43)[C@@H]2C)cc1. The van der Waals surface area contributed by atoms with Gasteiger partial charge in [-0.15, -0.1) is 5.10 Å². The third-order valence-corrected chi connectivity index (χ3v) is 18.2. The fourth-order valence-electron chi connectivity index (χ4n) is 10.4. The molecule has 5 atom stereocenters. The number of aliphatic hydroxyl groups is 1. The Labute approximate surface area is 389 Å². The number of benzene rings is 4. The molecule has 0 radical (unpaired) electrons. The Bertz CT molecular complexity index is 3030. The van der Waals surface area contributed by atoms with Crippen molar-refractivity contribution in [2.75, 3.05) is 32.8 Å². The number of hydrogen-bond acceptors (Lipinski definition) is 10. The van der Waals surface area contributed by atoms with Gasteiger partial charge in [-0.25, -0.2) is 0 Å². The molecule has 2 aliphatic heterocycles. The standard InChI is InChI=1S/C52H54N6O8Si/c1-34-48(67(5,6)40-23-21-39(63-2)22-24-40)45(26-29-55-32-43(53-54-55)41(33-59)36-12-8-7-9-13-36)66-52(34)42-30-38(57-28-11-15-47(65-4)50(57)61)20-25-44(42)58(51(52)62)31-35-16-18-37(19-17-35)56-27-10-14-46(64-3)49(56)60/h7-25,27-28,30,32,34,41,45,48,59H,26,29,31,33H2,1-6H3/t34-,41?,45+,48-,52+/m1/s1. The van der Waals surface area contributed by atoms with Crippen LogP contribution >= 0.6 is 0 Å². The number of pyridine rings is 2. The number of methoxy groups -OCH3 is 3. The Kier molecular flexibility index (Phi) is 12.3. The molecule has 0 aliphatic carbocycles. The van der Waals surface area contributed by atoms with Gasteiger partial charge in [0.25, 0.3) is 17.0 Å². The molecule has 344 valence electrons. The van der Waals surface area contributed by atoms with E-state index in [1.165, 1.54) is 28.5 Å². The summed E-state index contributed by atoms with van der Waals surface area (Å²) in [5.74, 6) is 0.327. The highest BCUT2D eigenvalue weighted by atomic mass is 28.3. The first-order valence-electron chi connectivity index (χ1n) is 22.4. The number of aliphatic hydroxyl groups excluding tert-OH is 1. The highest BCUT2D eigenvalue weighted by Crippen LogP contribution is 2.60. The van der Waals surface area contributed by atoms with Gasteiger partial charge in [0.05, 0.1) is 66.0 Å². The van der Waals surface area contributed by atoms with E-state index in [0.717, 1.165) is 16.9 Å². The third kappa shape index (κ3) is 7.96. The zero-order valence-electron chi connectivity index (χ0n) is 38.4. The average Bonchev–Trinajstić information content (AvgIpc) is 4.01. The second-order valence-corrected chi connectivity index (χ2v) is 22.4. The lowest BCUT2D eigenvalue weighted by molar-refractivity contribution is -0.146. The lowest BCUT2D eigenvalue weighted by atomic mass is 9.82. The van der Waals surface area contributed by atoms with E-state index in [-0.39, 0.29) is 59.1 Å². The minimum Gasteiger partial charge on any atom is -0.497 e. The van der Waals surface area contributed by atoms with E-state index in [4.69, 9.17) is 18.9 Å². The highest BCUT2D eigenvalue weighted by molar-refractivity contribution is 6.91. The molecular weight excluding hydrogens is 865 g/mol. The Morgan fingerprint density at radius 3 is 2.04 bits per heavy atom. The fourth-order valence-corrected chi connectivity index (χ4v) is 14.4. The number of aromatic nitrogens is 5. The second-order valence-electron chi connectivity index (χ2n) is 17.8. The van der Waals surface area contributed by atoms with Crippen LogP contribution in [0.5, 0.6) is 17.2 Å². The molecule has 3 aromatic heterocycles. The first kappa shape index (κ1) is 45.1. The molecule has 9 rings (SSSR count). The van der Waals surface area contributed by atoms with Gasteiger partial charge in [-0.2, -0.15) is 0 Å². The van der Waals surface area contributed by atoms with Gasteiger partial charge in [0.1, 0.15) is 5.75 Å². The van der Waals surface area contributed by atoms with Crippen molar-refractivity contribution in [2.24, 2.45) is 5.92 Å². The first-order valence-corrected chi connectivity index (χ1v) is 25.5. The molecule has 4 aromatic carbocycles. The van der Waals surface area contributed by atoms with Crippen molar-refractivity contribution in [1.82, 2.24) is 24.1 Å². The summed E-state index contributed by atoms with van der Waals surface area (Å²) in [5, 5.41) is 20.6. The second kappa shape index (κ2) is 18.3. The first-order chi connectivity index (χ1) is 32.4. The van der Waals surface area contributed by atoms with Crippen molar-refractivity contribution >= 4 is 24.9 Å². The van der Waals surface area contributed by atoms with Gasteiger partial charge in [-0.1, -0.05) is 85.0 Å². The van der Waals surface area contributed by atoms with Crippen LogP contribution in [0.3, 0.4) is 0 Å². The van der Waals surface area contributed by atoms with Crippen molar-refractivity contribution in [3.05, 3.63) is 183 Å². The van der Waals surface area contributed by atoms with Gasteiger partial charge in [0, 0.05) is 48.0 Å². The summed E-state index contributed by atoms with van der Waals surface area (Å²) in [5.41, 5.74) is 2.91. The maximum atomic E-state index is 15.8. The van der Waals surface area contributed by atoms with Crippen LogP contribution in [0, 0.1) is 5.92 Å². The summed E-state index contributed by atoms with van der Waals surface area (Å²) in [6.45, 7) is 7.36. The van der Waals surface area contributed by atoms with Crippen LogP contribution in [0.15, 0.2) is 150 Å². The van der Waals surface area contributed by atoms with E-state index in [0.29, 0.717) is 41.3 Å². The molecule has 1 unspecified atom stereocenters. The molecule has 1 saturated heterocycles. The van der Waals surface area contributed by atoms with Crippen molar-refractivity contribution in [1.29, 1.82) is 0 Å². The molecular formula is C52H54N6O8Si. The number of ether oxygens (including phenoxy) is 4. The van der Waals surface area contributed by atoms with Crippen LogP contribution in [0.25, 0.3) is 11.4 Å². The molecule has 0 saturated carbocycles. The molecule has 1 N–H and O–H groups in total. The predicted molar refractivity (Wildman–Crippen MR) is 258 cm³/mol. The van der Waals surface area contributed by atoms with E-state index in [1.54, 1.807) is 53.4 Å². The summed E-state index contributed by atoms with van der Waals surface area (Å²) in [4.78, 5) is 44.4. The van der Waals surface area contributed by atoms with Gasteiger partial charge in [0.2, 0.25) is 0 Å². The molecule has 7 aromatic rings. The van der Waals surface area contributed by atoms with Crippen LogP contribution in [-0.4, -0.2) is 77.3 Å². The summed E-state index contributed by atoms with van der Waals surface area (Å²) < 4.78 is 28.6. The topological polar surface area (TPSA) is 152 Å². The van der Waals surface area contributed by atoms with E-state index in [2.05, 4.69) is 42.5 Å². The van der Waals surface area contributed by atoms with Crippen LogP contribution in [0.4, 0.5) is 5.69 Å². The molecule has 1 fully saturated rings. The zero-order valence-corrected chi connectivity index (χ0v) is 39.4.